The quantitative estimate of drug-likeness (QED) is 0.853. The van der Waals surface area contributed by atoms with Crippen molar-refractivity contribution in [3.05, 3.63) is 53.7 Å². The molecule has 1 N–H and O–H groups in total. The standard InChI is InChI=1S/C17H22N2O/c1-4-18-17-15(8-6-10-19-17)12-20-16-9-5-7-14(11-16)13(2)3/h5-11,13H,4,12H2,1-3H3,(H,18,19). The Labute approximate surface area is 121 Å². The van der Waals surface area contributed by atoms with Crippen molar-refractivity contribution < 1.29 is 4.74 Å². The Morgan fingerprint density at radius 1 is 1.20 bits per heavy atom. The SMILES string of the molecule is CCNc1ncccc1COc1cccc(C(C)C)c1. The molecule has 0 saturated carbocycles. The summed E-state index contributed by atoms with van der Waals surface area (Å²) in [5, 5.41) is 3.25. The number of aromatic nitrogens is 1. The third-order valence-electron chi connectivity index (χ3n) is 3.15. The lowest BCUT2D eigenvalue weighted by molar-refractivity contribution is 0.306. The summed E-state index contributed by atoms with van der Waals surface area (Å²) in [5.74, 6) is 2.31. The molecule has 1 aromatic carbocycles. The van der Waals surface area contributed by atoms with Gasteiger partial charge in [-0.3, -0.25) is 0 Å². The first kappa shape index (κ1) is 14.4. The molecule has 0 saturated heterocycles. The van der Waals surface area contributed by atoms with Crippen LogP contribution in [-0.4, -0.2) is 11.5 Å². The number of nitrogens with zero attached hydrogens (tertiary/aromatic N) is 1. The number of pyridine rings is 1. The monoisotopic (exact) mass is 270 g/mol. The Bertz CT molecular complexity index is 552. The number of hydrogen-bond donors (Lipinski definition) is 1. The maximum Gasteiger partial charge on any atom is 0.132 e. The maximum absolute atomic E-state index is 5.89. The van der Waals surface area contributed by atoms with Gasteiger partial charge in [-0.1, -0.05) is 32.0 Å². The normalized spacial score (nSPS) is 10.6. The van der Waals surface area contributed by atoms with Gasteiger partial charge in [0, 0.05) is 18.3 Å². The molecule has 0 atom stereocenters. The summed E-state index contributed by atoms with van der Waals surface area (Å²) < 4.78 is 5.89. The van der Waals surface area contributed by atoms with Crippen LogP contribution in [0, 0.1) is 0 Å². The highest BCUT2D eigenvalue weighted by Crippen LogP contribution is 2.22. The Hall–Kier alpha value is -2.03. The van der Waals surface area contributed by atoms with E-state index in [0.29, 0.717) is 12.5 Å². The van der Waals surface area contributed by atoms with Crippen molar-refractivity contribution in [2.75, 3.05) is 11.9 Å². The third kappa shape index (κ3) is 3.73. The zero-order valence-electron chi connectivity index (χ0n) is 12.4. The summed E-state index contributed by atoms with van der Waals surface area (Å²) in [5.41, 5.74) is 2.37. The fourth-order valence-corrected chi connectivity index (χ4v) is 2.01. The smallest absolute Gasteiger partial charge is 0.132 e. The van der Waals surface area contributed by atoms with E-state index in [1.165, 1.54) is 5.56 Å². The Balaban J connectivity index is 2.07. The van der Waals surface area contributed by atoms with Crippen molar-refractivity contribution >= 4 is 5.82 Å². The van der Waals surface area contributed by atoms with E-state index in [0.717, 1.165) is 23.7 Å². The molecular weight excluding hydrogens is 248 g/mol. The van der Waals surface area contributed by atoms with Crippen molar-refractivity contribution in [1.29, 1.82) is 0 Å². The number of nitrogens with one attached hydrogen (secondary N) is 1. The van der Waals surface area contributed by atoms with E-state index in [4.69, 9.17) is 4.74 Å². The molecule has 3 nitrogen and oxygen atoms in total. The number of rotatable bonds is 6. The number of ether oxygens (including phenoxy) is 1. The molecule has 0 bridgehead atoms. The van der Waals surface area contributed by atoms with Crippen LogP contribution in [0.1, 0.15) is 37.8 Å². The molecule has 0 unspecified atom stereocenters. The summed E-state index contributed by atoms with van der Waals surface area (Å²) in [6.07, 6.45) is 1.79. The minimum Gasteiger partial charge on any atom is -0.489 e. The zero-order valence-corrected chi connectivity index (χ0v) is 12.4. The van der Waals surface area contributed by atoms with Crippen LogP contribution in [-0.2, 0) is 6.61 Å². The first-order chi connectivity index (χ1) is 9.70. The molecule has 0 fully saturated rings. The molecule has 0 radical (unpaired) electrons. The first-order valence-corrected chi connectivity index (χ1v) is 7.11. The summed E-state index contributed by atoms with van der Waals surface area (Å²) in [7, 11) is 0. The second-order valence-electron chi connectivity index (χ2n) is 5.06. The fraction of sp³-hybridized carbons (Fsp3) is 0.353. The number of anilines is 1. The molecule has 0 aliphatic heterocycles. The highest BCUT2D eigenvalue weighted by molar-refractivity contribution is 5.43. The highest BCUT2D eigenvalue weighted by atomic mass is 16.5. The van der Waals surface area contributed by atoms with Crippen LogP contribution >= 0.6 is 0 Å². The Kier molecular flexibility index (Phi) is 4.99. The largest absolute Gasteiger partial charge is 0.489 e. The minimum absolute atomic E-state index is 0.509. The summed E-state index contributed by atoms with van der Waals surface area (Å²) >= 11 is 0. The molecule has 0 spiro atoms. The van der Waals surface area contributed by atoms with Crippen molar-refractivity contribution in [1.82, 2.24) is 4.98 Å². The molecule has 0 aliphatic carbocycles. The van der Waals surface area contributed by atoms with Gasteiger partial charge in [-0.15, -0.1) is 0 Å². The van der Waals surface area contributed by atoms with E-state index >= 15 is 0 Å². The van der Waals surface area contributed by atoms with Crippen LogP contribution in [0.2, 0.25) is 0 Å². The molecule has 3 heteroatoms. The van der Waals surface area contributed by atoms with E-state index in [1.807, 2.05) is 24.3 Å². The maximum atomic E-state index is 5.89. The molecule has 2 aromatic rings. The van der Waals surface area contributed by atoms with Gasteiger partial charge in [0.05, 0.1) is 0 Å². The number of benzene rings is 1. The van der Waals surface area contributed by atoms with Gasteiger partial charge in [-0.05, 0) is 36.6 Å². The molecular formula is C17H22N2O. The second kappa shape index (κ2) is 6.94. The first-order valence-electron chi connectivity index (χ1n) is 7.11. The summed E-state index contributed by atoms with van der Waals surface area (Å²) in [4.78, 5) is 4.34. The highest BCUT2D eigenvalue weighted by Gasteiger charge is 2.05. The van der Waals surface area contributed by atoms with E-state index < -0.39 is 0 Å². The van der Waals surface area contributed by atoms with Crippen LogP contribution in [0.25, 0.3) is 0 Å². The lowest BCUT2D eigenvalue weighted by atomic mass is 10.0. The van der Waals surface area contributed by atoms with Gasteiger partial charge in [0.25, 0.3) is 0 Å². The van der Waals surface area contributed by atoms with Crippen LogP contribution < -0.4 is 10.1 Å². The van der Waals surface area contributed by atoms with Crippen molar-refractivity contribution in [2.24, 2.45) is 0 Å². The van der Waals surface area contributed by atoms with Gasteiger partial charge in [0.1, 0.15) is 18.2 Å². The van der Waals surface area contributed by atoms with Gasteiger partial charge < -0.3 is 10.1 Å². The van der Waals surface area contributed by atoms with Gasteiger partial charge >= 0.3 is 0 Å². The third-order valence-corrected chi connectivity index (χ3v) is 3.15. The van der Waals surface area contributed by atoms with Crippen molar-refractivity contribution in [3.63, 3.8) is 0 Å². The Morgan fingerprint density at radius 3 is 2.80 bits per heavy atom. The molecule has 106 valence electrons. The van der Waals surface area contributed by atoms with E-state index in [-0.39, 0.29) is 0 Å². The van der Waals surface area contributed by atoms with Crippen LogP contribution in [0.4, 0.5) is 5.82 Å². The van der Waals surface area contributed by atoms with Gasteiger partial charge in [0.15, 0.2) is 0 Å². The van der Waals surface area contributed by atoms with Crippen LogP contribution in [0.3, 0.4) is 0 Å². The van der Waals surface area contributed by atoms with Gasteiger partial charge in [0.2, 0.25) is 0 Å². The topological polar surface area (TPSA) is 34.2 Å². The average molecular weight is 270 g/mol. The van der Waals surface area contributed by atoms with Gasteiger partial charge in [-0.25, -0.2) is 4.98 Å². The van der Waals surface area contributed by atoms with E-state index in [9.17, 15) is 0 Å². The molecule has 20 heavy (non-hydrogen) atoms. The average Bonchev–Trinajstić information content (AvgIpc) is 2.47. The predicted molar refractivity (Wildman–Crippen MR) is 83.3 cm³/mol. The van der Waals surface area contributed by atoms with Crippen LogP contribution in [0.15, 0.2) is 42.6 Å². The fourth-order valence-electron chi connectivity index (χ4n) is 2.01. The second-order valence-corrected chi connectivity index (χ2v) is 5.06. The zero-order chi connectivity index (χ0) is 14.4. The molecule has 2 rings (SSSR count). The predicted octanol–water partition coefficient (Wildman–Crippen LogP) is 4.22. The van der Waals surface area contributed by atoms with Crippen molar-refractivity contribution in [3.8, 4) is 5.75 Å². The molecule has 1 heterocycles. The lowest BCUT2D eigenvalue weighted by Crippen LogP contribution is -2.05. The lowest BCUT2D eigenvalue weighted by Gasteiger charge is -2.12. The molecule has 1 aromatic heterocycles. The molecule has 0 aliphatic rings. The van der Waals surface area contributed by atoms with Gasteiger partial charge in [-0.2, -0.15) is 0 Å². The summed E-state index contributed by atoms with van der Waals surface area (Å²) in [6, 6.07) is 12.2. The van der Waals surface area contributed by atoms with E-state index in [1.54, 1.807) is 6.20 Å². The van der Waals surface area contributed by atoms with Crippen LogP contribution in [0.5, 0.6) is 5.75 Å². The Morgan fingerprint density at radius 2 is 2.05 bits per heavy atom. The number of hydrogen-bond acceptors (Lipinski definition) is 3. The minimum atomic E-state index is 0.509. The molecule has 0 amide bonds. The van der Waals surface area contributed by atoms with Crippen molar-refractivity contribution in [2.45, 2.75) is 33.3 Å². The summed E-state index contributed by atoms with van der Waals surface area (Å²) in [6.45, 7) is 7.81. The van der Waals surface area contributed by atoms with E-state index in [2.05, 4.69) is 43.2 Å².